The minimum absolute atomic E-state index is 0.0191. The van der Waals surface area contributed by atoms with Crippen LogP contribution < -0.4 is 10.2 Å². The zero-order valence-electron chi connectivity index (χ0n) is 19.9. The first-order valence-corrected chi connectivity index (χ1v) is 12.0. The van der Waals surface area contributed by atoms with Gasteiger partial charge in [-0.05, 0) is 42.7 Å². The second-order valence-electron chi connectivity index (χ2n) is 9.35. The van der Waals surface area contributed by atoms with Gasteiger partial charge in [-0.2, -0.15) is 5.10 Å². The van der Waals surface area contributed by atoms with Crippen molar-refractivity contribution in [1.29, 1.82) is 0 Å². The minimum atomic E-state index is 0.0191. The van der Waals surface area contributed by atoms with Crippen molar-refractivity contribution >= 4 is 22.7 Å². The van der Waals surface area contributed by atoms with Crippen LogP contribution in [-0.4, -0.2) is 35.6 Å². The number of nitrogens with one attached hydrogen (secondary N) is 1. The van der Waals surface area contributed by atoms with Gasteiger partial charge in [0.25, 0.3) is 0 Å². The van der Waals surface area contributed by atoms with Crippen LogP contribution in [0.25, 0.3) is 22.0 Å². The van der Waals surface area contributed by atoms with Crippen LogP contribution in [0.15, 0.2) is 72.8 Å². The van der Waals surface area contributed by atoms with E-state index >= 15 is 0 Å². The van der Waals surface area contributed by atoms with Crippen LogP contribution in [0, 0.1) is 0 Å². The van der Waals surface area contributed by atoms with Crippen LogP contribution in [0.5, 0.6) is 0 Å². The molecule has 1 N–H and O–H groups in total. The molecule has 0 aliphatic carbocycles. The molecule has 1 aromatic heterocycles. The van der Waals surface area contributed by atoms with E-state index in [4.69, 9.17) is 10.2 Å². The van der Waals surface area contributed by atoms with Gasteiger partial charge in [-0.3, -0.25) is 4.79 Å². The Hall–Kier alpha value is -3.57. The van der Waals surface area contributed by atoms with E-state index in [1.807, 2.05) is 24.3 Å². The van der Waals surface area contributed by atoms with Crippen LogP contribution in [0.1, 0.15) is 54.3 Å². The summed E-state index contributed by atoms with van der Waals surface area (Å²) in [6.45, 7) is 8.35. The number of rotatable bonds is 5. The predicted octanol–water partition coefficient (Wildman–Crippen LogP) is 5.77. The molecule has 1 fully saturated rings. The number of piperazine rings is 1. The molecule has 0 saturated carbocycles. The van der Waals surface area contributed by atoms with Crippen molar-refractivity contribution in [3.05, 3.63) is 89.6 Å². The lowest BCUT2D eigenvalue weighted by Crippen LogP contribution is -2.52. The average molecular weight is 451 g/mol. The summed E-state index contributed by atoms with van der Waals surface area (Å²) >= 11 is 0. The number of hydrogen-bond acceptors (Lipinski definition) is 5. The molecule has 0 spiro atoms. The summed E-state index contributed by atoms with van der Waals surface area (Å²) in [7, 11) is 0. The van der Waals surface area contributed by atoms with Gasteiger partial charge in [-0.1, -0.05) is 62.4 Å². The maximum atomic E-state index is 11.1. The van der Waals surface area contributed by atoms with Crippen molar-refractivity contribution in [1.82, 2.24) is 15.5 Å². The molecule has 2 atom stereocenters. The Kier molecular flexibility index (Phi) is 6.12. The molecule has 34 heavy (non-hydrogen) atoms. The molecule has 0 bridgehead atoms. The summed E-state index contributed by atoms with van der Waals surface area (Å²) in [6, 6.07) is 25.1. The van der Waals surface area contributed by atoms with Gasteiger partial charge < -0.3 is 10.2 Å². The zero-order chi connectivity index (χ0) is 23.7. The van der Waals surface area contributed by atoms with Crippen LogP contribution >= 0.6 is 0 Å². The van der Waals surface area contributed by atoms with Crippen LogP contribution in [0.2, 0.25) is 0 Å². The molecule has 4 aromatic rings. The highest BCUT2D eigenvalue weighted by Gasteiger charge is 2.33. The summed E-state index contributed by atoms with van der Waals surface area (Å²) in [5.41, 5.74) is 6.04. The van der Waals surface area contributed by atoms with Crippen molar-refractivity contribution in [2.24, 2.45) is 0 Å². The Balaban J connectivity index is 1.61. The molecule has 0 radical (unpaired) electrons. The molecule has 2 unspecified atom stereocenters. The van der Waals surface area contributed by atoms with Crippen molar-refractivity contribution < 1.29 is 4.79 Å². The topological polar surface area (TPSA) is 58.1 Å². The van der Waals surface area contributed by atoms with E-state index in [9.17, 15) is 4.79 Å². The number of fused-ring (bicyclic) bond motifs is 1. The van der Waals surface area contributed by atoms with Gasteiger partial charge in [0.15, 0.2) is 0 Å². The van der Waals surface area contributed by atoms with Gasteiger partial charge >= 0.3 is 0 Å². The van der Waals surface area contributed by atoms with Crippen LogP contribution in [0.4, 0.5) is 5.69 Å². The fourth-order valence-corrected chi connectivity index (χ4v) is 4.93. The Morgan fingerprint density at radius 2 is 1.65 bits per heavy atom. The fraction of sp³-hybridized carbons (Fsp3) is 0.276. The highest BCUT2D eigenvalue weighted by atomic mass is 16.1. The zero-order valence-corrected chi connectivity index (χ0v) is 19.9. The lowest BCUT2D eigenvalue weighted by molar-refractivity contribution is 0.112. The maximum Gasteiger partial charge on any atom is 0.150 e. The molecule has 172 valence electrons. The molecular weight excluding hydrogens is 420 g/mol. The lowest BCUT2D eigenvalue weighted by Gasteiger charge is -2.42. The lowest BCUT2D eigenvalue weighted by atomic mass is 9.94. The summed E-state index contributed by atoms with van der Waals surface area (Å²) < 4.78 is 0. The van der Waals surface area contributed by atoms with Crippen molar-refractivity contribution in [2.75, 3.05) is 18.0 Å². The number of aldehydes is 1. The number of nitrogens with zero attached hydrogens (tertiary/aromatic N) is 3. The monoisotopic (exact) mass is 450 g/mol. The molecular formula is C29H30N4O. The third-order valence-electron chi connectivity index (χ3n) is 6.84. The molecule has 0 amide bonds. The Morgan fingerprint density at radius 1 is 0.941 bits per heavy atom. The Labute approximate surface area is 200 Å². The number of aromatic nitrogens is 2. The van der Waals surface area contributed by atoms with E-state index in [1.54, 1.807) is 0 Å². The highest BCUT2D eigenvalue weighted by molar-refractivity contribution is 5.96. The van der Waals surface area contributed by atoms with E-state index in [0.717, 1.165) is 52.8 Å². The first-order chi connectivity index (χ1) is 16.6. The Morgan fingerprint density at radius 3 is 2.32 bits per heavy atom. The fourth-order valence-electron chi connectivity index (χ4n) is 4.93. The van der Waals surface area contributed by atoms with Gasteiger partial charge in [-0.25, -0.2) is 0 Å². The van der Waals surface area contributed by atoms with E-state index in [1.165, 1.54) is 5.56 Å². The number of benzene rings is 3. The number of anilines is 1. The molecule has 5 heteroatoms. The van der Waals surface area contributed by atoms with Gasteiger partial charge in [0, 0.05) is 46.7 Å². The third kappa shape index (κ3) is 4.08. The van der Waals surface area contributed by atoms with Crippen LogP contribution in [-0.2, 0) is 0 Å². The largest absolute Gasteiger partial charge is 0.360 e. The molecule has 2 heterocycles. The normalized spacial score (nSPS) is 18.4. The summed E-state index contributed by atoms with van der Waals surface area (Å²) in [6.07, 6.45) is 0.882. The summed E-state index contributed by atoms with van der Waals surface area (Å²) in [4.78, 5) is 13.5. The number of hydrogen-bond donors (Lipinski definition) is 1. The number of carbonyl (C=O) groups is 1. The molecule has 5 nitrogen and oxygen atoms in total. The van der Waals surface area contributed by atoms with E-state index in [0.29, 0.717) is 11.5 Å². The van der Waals surface area contributed by atoms with Crippen molar-refractivity contribution in [3.8, 4) is 11.3 Å². The molecule has 5 rings (SSSR count). The van der Waals surface area contributed by atoms with E-state index < -0.39 is 0 Å². The second-order valence-corrected chi connectivity index (χ2v) is 9.35. The Bertz CT molecular complexity index is 1300. The standard InChI is InChI=1S/C29H30N4O/c1-19(2)22-10-12-23(13-11-22)27-25-6-4-5-7-26(25)28(32-31-27)29-20(3)30-16-17-33(29)24-14-8-21(18-34)9-15-24/h4-15,18-20,29-30H,16-17H2,1-3H3. The van der Waals surface area contributed by atoms with Gasteiger partial charge in [0.1, 0.15) is 12.0 Å². The first-order valence-electron chi connectivity index (χ1n) is 12.0. The average Bonchev–Trinajstić information content (AvgIpc) is 2.88. The van der Waals surface area contributed by atoms with Gasteiger partial charge in [-0.15, -0.1) is 5.10 Å². The SMILES string of the molecule is CC(C)c1ccc(-c2nnc(C3C(C)NCCN3c3ccc(C=O)cc3)c3ccccc23)cc1. The molecule has 3 aromatic carbocycles. The van der Waals surface area contributed by atoms with E-state index in [-0.39, 0.29) is 12.1 Å². The first kappa shape index (κ1) is 22.2. The smallest absolute Gasteiger partial charge is 0.150 e. The van der Waals surface area contributed by atoms with Crippen molar-refractivity contribution in [3.63, 3.8) is 0 Å². The quantitative estimate of drug-likeness (QED) is 0.391. The molecule has 1 aliphatic heterocycles. The van der Waals surface area contributed by atoms with Crippen LogP contribution in [0.3, 0.4) is 0 Å². The highest BCUT2D eigenvalue weighted by Crippen LogP contribution is 2.36. The molecule has 1 aliphatic rings. The third-order valence-corrected chi connectivity index (χ3v) is 6.84. The molecule has 1 saturated heterocycles. The minimum Gasteiger partial charge on any atom is -0.360 e. The second kappa shape index (κ2) is 9.35. The van der Waals surface area contributed by atoms with Gasteiger partial charge in [0.2, 0.25) is 0 Å². The van der Waals surface area contributed by atoms with Gasteiger partial charge in [0.05, 0.1) is 11.7 Å². The maximum absolute atomic E-state index is 11.1. The number of carbonyl (C=O) groups excluding carboxylic acids is 1. The predicted molar refractivity (Wildman–Crippen MR) is 138 cm³/mol. The van der Waals surface area contributed by atoms with E-state index in [2.05, 4.69) is 79.5 Å². The summed E-state index contributed by atoms with van der Waals surface area (Å²) in [5, 5.41) is 15.4. The van der Waals surface area contributed by atoms with Crippen molar-refractivity contribution in [2.45, 2.75) is 38.8 Å². The summed E-state index contributed by atoms with van der Waals surface area (Å²) in [5.74, 6) is 0.492.